The van der Waals surface area contributed by atoms with Gasteiger partial charge in [0.15, 0.2) is 0 Å². The van der Waals surface area contributed by atoms with E-state index in [9.17, 15) is 48.3 Å². The Morgan fingerprint density at radius 1 is 0.464 bits per heavy atom. The summed E-state index contributed by atoms with van der Waals surface area (Å²) in [5, 5.41) is 25.7. The monoisotopic (exact) mass is 1190 g/mol. The first-order valence-corrected chi connectivity index (χ1v) is 30.2. The molecule has 0 radical (unpaired) electrons. The molecule has 0 spiro atoms. The van der Waals surface area contributed by atoms with Crippen molar-refractivity contribution < 1.29 is 57.8 Å². The molecule has 1 fully saturated rings. The van der Waals surface area contributed by atoms with E-state index in [1.165, 1.54) is 75.7 Å². The van der Waals surface area contributed by atoms with Crippen LogP contribution in [0, 0.1) is 41.4 Å². The number of aliphatic hydroxyl groups excluding tert-OH is 1. The van der Waals surface area contributed by atoms with Crippen molar-refractivity contribution in [1.29, 1.82) is 0 Å². The Balaban J connectivity index is 4.27. The van der Waals surface area contributed by atoms with Gasteiger partial charge in [-0.05, 0) is 101 Å². The van der Waals surface area contributed by atoms with Gasteiger partial charge in [-0.3, -0.25) is 52.7 Å². The minimum Gasteiger partial charge on any atom is -0.390 e. The molecule has 0 bridgehead atoms. The second-order valence-corrected chi connectivity index (χ2v) is 25.7. The fourth-order valence-electron chi connectivity index (χ4n) is 10.5. The Morgan fingerprint density at radius 2 is 0.917 bits per heavy atom. The van der Waals surface area contributed by atoms with Crippen molar-refractivity contribution in [1.82, 2.24) is 56.0 Å². The Hall–Kier alpha value is -6.13. The number of carbonyl (C=O) groups excluding carboxylic acids is 11. The van der Waals surface area contributed by atoms with Gasteiger partial charge in [0.1, 0.15) is 60.4 Å². The lowest BCUT2D eigenvalue weighted by Crippen LogP contribution is -2.63. The third-order valence-corrected chi connectivity index (χ3v) is 15.6. The van der Waals surface area contributed by atoms with Gasteiger partial charge in [-0.25, -0.2) is 0 Å². The average molecular weight is 1190 g/mol. The lowest BCUT2D eigenvalue weighted by Gasteiger charge is -2.41. The van der Waals surface area contributed by atoms with Crippen LogP contribution in [0.2, 0.25) is 0 Å². The maximum atomic E-state index is 15.1. The van der Waals surface area contributed by atoms with E-state index >= 15 is 9.59 Å². The van der Waals surface area contributed by atoms with E-state index in [4.69, 9.17) is 0 Å². The van der Waals surface area contributed by atoms with E-state index < -0.39 is 156 Å². The largest absolute Gasteiger partial charge is 0.390 e. The molecule has 23 heteroatoms. The highest BCUT2D eigenvalue weighted by atomic mass is 16.3. The Labute approximate surface area is 502 Å². The van der Waals surface area contributed by atoms with Crippen molar-refractivity contribution in [2.75, 3.05) is 48.8 Å². The molecule has 0 aromatic heterocycles. The highest BCUT2D eigenvalue weighted by Crippen LogP contribution is 2.25. The molecule has 23 nitrogen and oxygen atoms in total. The summed E-state index contributed by atoms with van der Waals surface area (Å²) < 4.78 is 0. The third kappa shape index (κ3) is 21.7. The molecular weight excluding hydrogens is 1080 g/mol. The predicted octanol–water partition coefficient (Wildman–Crippen LogP) is 2.93. The Bertz CT molecular complexity index is 2290. The van der Waals surface area contributed by atoms with Gasteiger partial charge in [0, 0.05) is 42.3 Å². The summed E-state index contributed by atoms with van der Waals surface area (Å²) in [6, 6.07) is -12.4. The van der Waals surface area contributed by atoms with Gasteiger partial charge >= 0.3 is 0 Å². The molecule has 84 heavy (non-hydrogen) atoms. The van der Waals surface area contributed by atoms with Crippen LogP contribution in [-0.4, -0.2) is 215 Å². The fourth-order valence-corrected chi connectivity index (χ4v) is 10.5. The van der Waals surface area contributed by atoms with Crippen LogP contribution in [-0.2, 0) is 52.7 Å². The number of likely N-dealkylation sites (N-methyl/N-ethyl adjacent to an activating group) is 6. The Morgan fingerprint density at radius 3 is 1.38 bits per heavy atom. The van der Waals surface area contributed by atoms with Crippen molar-refractivity contribution in [3.63, 3.8) is 0 Å². The van der Waals surface area contributed by atoms with Crippen LogP contribution in [0.5, 0.6) is 0 Å². The summed E-state index contributed by atoms with van der Waals surface area (Å²) in [5.74, 6) is -9.86. The van der Waals surface area contributed by atoms with Crippen LogP contribution >= 0.6 is 0 Å². The topological polar surface area (TPSA) is 288 Å². The van der Waals surface area contributed by atoms with Crippen LogP contribution in [0.4, 0.5) is 0 Å². The number of nitrogens with one attached hydrogen (secondary N) is 5. The predicted molar refractivity (Wildman–Crippen MR) is 324 cm³/mol. The molecule has 12 atom stereocenters. The number of allylic oxidation sites excluding steroid dienone is 2. The summed E-state index contributed by atoms with van der Waals surface area (Å²) >= 11 is 0. The van der Waals surface area contributed by atoms with Gasteiger partial charge in [-0.2, -0.15) is 0 Å². The highest BCUT2D eigenvalue weighted by Gasteiger charge is 2.45. The summed E-state index contributed by atoms with van der Waals surface area (Å²) in [5.41, 5.74) is 0. The van der Waals surface area contributed by atoms with Crippen LogP contribution in [0.1, 0.15) is 156 Å². The maximum Gasteiger partial charge on any atom is 0.246 e. The van der Waals surface area contributed by atoms with Crippen molar-refractivity contribution in [3.05, 3.63) is 12.2 Å². The molecule has 1 rings (SSSR count). The second-order valence-electron chi connectivity index (χ2n) is 25.7. The number of aliphatic hydroxyl groups is 1. The SMILES string of the molecule is C/C=C/CC(C)C(O)C1C(=O)NC(CC)C(=O)N(C)CC(=O)NC(CC(C)C)C(=O)NC(C(C)C)C(=O)N(C)C(CC(C)C)C(=O)NC(C)C(=O)NC(C)C(=O)N(C)C(CC(C)C)C(=O)N(C)C(CC(C)C)C(=O)N(C)C(C(C)C)C(=O)N1C. The summed E-state index contributed by atoms with van der Waals surface area (Å²) in [6.07, 6.45) is 3.01. The Kier molecular flexibility index (Phi) is 31.4. The zero-order chi connectivity index (χ0) is 65.1. The van der Waals surface area contributed by atoms with Crippen LogP contribution in [0.15, 0.2) is 12.2 Å². The lowest BCUT2D eigenvalue weighted by atomic mass is 9.91. The highest BCUT2D eigenvalue weighted by molar-refractivity contribution is 5.99. The van der Waals surface area contributed by atoms with Crippen molar-refractivity contribution in [2.24, 2.45) is 41.4 Å². The van der Waals surface area contributed by atoms with E-state index in [0.717, 1.165) is 9.80 Å². The minimum absolute atomic E-state index is 0.0205. The first kappa shape index (κ1) is 75.9. The minimum atomic E-state index is -1.61. The van der Waals surface area contributed by atoms with Crippen molar-refractivity contribution >= 4 is 65.0 Å². The van der Waals surface area contributed by atoms with Crippen LogP contribution < -0.4 is 26.6 Å². The smallest absolute Gasteiger partial charge is 0.246 e. The van der Waals surface area contributed by atoms with E-state index in [-0.39, 0.29) is 55.8 Å². The first-order valence-electron chi connectivity index (χ1n) is 30.2. The van der Waals surface area contributed by atoms with Gasteiger partial charge in [-0.1, -0.05) is 109 Å². The molecule has 0 aliphatic carbocycles. The van der Waals surface area contributed by atoms with E-state index in [2.05, 4.69) is 26.6 Å². The maximum absolute atomic E-state index is 15.1. The van der Waals surface area contributed by atoms with Gasteiger partial charge < -0.3 is 61.1 Å². The lowest BCUT2D eigenvalue weighted by molar-refractivity contribution is -0.157. The van der Waals surface area contributed by atoms with Gasteiger partial charge in [0.25, 0.3) is 0 Å². The molecule has 1 saturated heterocycles. The number of hydrogen-bond acceptors (Lipinski definition) is 12. The third-order valence-electron chi connectivity index (χ3n) is 15.6. The molecule has 6 N–H and O–H groups in total. The zero-order valence-electron chi connectivity index (χ0n) is 55.1. The molecule has 12 unspecified atom stereocenters. The molecule has 1 aliphatic rings. The summed E-state index contributed by atoms with van der Waals surface area (Å²) in [6.45, 7) is 29.2. The van der Waals surface area contributed by atoms with Crippen LogP contribution in [0.3, 0.4) is 0 Å². The molecule has 1 aliphatic heterocycles. The van der Waals surface area contributed by atoms with Crippen molar-refractivity contribution in [3.8, 4) is 0 Å². The van der Waals surface area contributed by atoms with Gasteiger partial charge in [-0.15, -0.1) is 0 Å². The number of amides is 11. The first-order chi connectivity index (χ1) is 38.8. The molecule has 11 amide bonds. The number of hydrogen-bond donors (Lipinski definition) is 6. The average Bonchev–Trinajstić information content (AvgIpc) is 3.34. The zero-order valence-corrected chi connectivity index (χ0v) is 55.1. The molecule has 480 valence electrons. The molecule has 0 saturated carbocycles. The van der Waals surface area contributed by atoms with E-state index in [0.29, 0.717) is 6.42 Å². The number of nitrogens with zero attached hydrogens (tertiary/aromatic N) is 6. The van der Waals surface area contributed by atoms with Gasteiger partial charge in [0.2, 0.25) is 65.0 Å². The standard InChI is InChI=1S/C61H109N11O12/c1-24-26-27-39(15)51(74)50-55(78)65-42(25-2)57(80)67(18)32-47(73)64-43(28-33(3)4)53(76)66-48(37(11)12)60(83)68(19)44(29-34(5)6)54(77)62-40(16)52(75)63-41(17)56(79)69(20)45(30-35(7)8)58(81)70(21)46(31-36(9)10)59(82)71(22)49(38(13)14)61(84)72(50)23/h24,26,33-46,48-51,74H,25,27-32H2,1-23H3,(H,62,77)(H,63,75)(H,64,73)(H,65,78)(H,66,76)/b26-24+. The fraction of sp³-hybridized carbons (Fsp3) is 0.787. The van der Waals surface area contributed by atoms with E-state index in [1.807, 2.05) is 55.4 Å². The number of rotatable bonds is 15. The molecule has 0 aromatic carbocycles. The summed E-state index contributed by atoms with van der Waals surface area (Å²) in [7, 11) is 8.46. The molecular formula is C61H109N11O12. The molecule has 0 aromatic rings. The van der Waals surface area contributed by atoms with Crippen LogP contribution in [0.25, 0.3) is 0 Å². The molecule has 1 heterocycles. The normalized spacial score (nSPS) is 27.0. The quantitative estimate of drug-likeness (QED) is 0.129. The van der Waals surface area contributed by atoms with Crippen molar-refractivity contribution in [2.45, 2.75) is 223 Å². The second kappa shape index (κ2) is 34.7. The summed E-state index contributed by atoms with van der Waals surface area (Å²) in [4.78, 5) is 166. The van der Waals surface area contributed by atoms with Gasteiger partial charge in [0.05, 0.1) is 12.6 Å². The number of carbonyl (C=O) groups is 11. The van der Waals surface area contributed by atoms with E-state index in [1.54, 1.807) is 60.6 Å².